The highest BCUT2D eigenvalue weighted by Crippen LogP contribution is 2.49. The summed E-state index contributed by atoms with van der Waals surface area (Å²) in [4.78, 5) is 0. The van der Waals surface area contributed by atoms with Crippen molar-refractivity contribution in [3.63, 3.8) is 0 Å². The van der Waals surface area contributed by atoms with E-state index in [2.05, 4.69) is 13.8 Å². The molecule has 0 spiro atoms. The van der Waals surface area contributed by atoms with Gasteiger partial charge in [-0.1, -0.05) is 19.9 Å². The Morgan fingerprint density at radius 2 is 1.42 bits per heavy atom. The van der Waals surface area contributed by atoms with Crippen LogP contribution in [0.1, 0.15) is 45.1 Å². The molecule has 2 rings (SSSR count). The minimum atomic E-state index is -0.840. The van der Waals surface area contributed by atoms with Crippen molar-refractivity contribution in [1.82, 2.24) is 0 Å². The van der Waals surface area contributed by atoms with Crippen molar-refractivity contribution in [2.45, 2.75) is 45.1 Å². The third-order valence-electron chi connectivity index (χ3n) is 4.32. The first-order chi connectivity index (χ1) is 8.92. The molecule has 1 aromatic rings. The minimum absolute atomic E-state index is 0.307. The van der Waals surface area contributed by atoms with Crippen LogP contribution in [0.3, 0.4) is 0 Å². The summed E-state index contributed by atoms with van der Waals surface area (Å²) in [6.07, 6.45) is 3.50. The molecule has 0 aliphatic heterocycles. The van der Waals surface area contributed by atoms with Crippen molar-refractivity contribution in [3.05, 3.63) is 23.8 Å². The normalized spacial score (nSPS) is 20.9. The molecule has 1 N–H and O–H groups in total. The van der Waals surface area contributed by atoms with Crippen molar-refractivity contribution in [2.75, 3.05) is 14.2 Å². The Kier molecular flexibility index (Phi) is 3.77. The monoisotopic (exact) mass is 264 g/mol. The van der Waals surface area contributed by atoms with E-state index in [-0.39, 0.29) is 0 Å². The van der Waals surface area contributed by atoms with Gasteiger partial charge >= 0.3 is 0 Å². The van der Waals surface area contributed by atoms with Gasteiger partial charge in [0.2, 0.25) is 0 Å². The maximum atomic E-state index is 11.0. The first-order valence-electron chi connectivity index (χ1n) is 6.86. The molecule has 3 nitrogen and oxygen atoms in total. The molecule has 1 aliphatic rings. The minimum Gasteiger partial charge on any atom is -0.496 e. The van der Waals surface area contributed by atoms with Crippen molar-refractivity contribution in [3.8, 4) is 11.5 Å². The van der Waals surface area contributed by atoms with Gasteiger partial charge in [0, 0.05) is 0 Å². The predicted octanol–water partition coefficient (Wildman–Crippen LogP) is 3.49. The van der Waals surface area contributed by atoms with E-state index in [1.165, 1.54) is 0 Å². The number of benzene rings is 1. The number of ether oxygens (including phenoxy) is 2. The summed E-state index contributed by atoms with van der Waals surface area (Å²) in [7, 11) is 3.27. The molecule has 0 amide bonds. The van der Waals surface area contributed by atoms with Gasteiger partial charge in [-0.05, 0) is 43.2 Å². The lowest BCUT2D eigenvalue weighted by Crippen LogP contribution is -2.35. The number of hydrogen-bond donors (Lipinski definition) is 1. The topological polar surface area (TPSA) is 38.7 Å². The first-order valence-corrected chi connectivity index (χ1v) is 6.86. The van der Waals surface area contributed by atoms with Gasteiger partial charge in [-0.15, -0.1) is 0 Å². The second kappa shape index (κ2) is 5.04. The molecule has 1 aliphatic carbocycles. The zero-order valence-electron chi connectivity index (χ0n) is 12.3. The number of hydrogen-bond acceptors (Lipinski definition) is 3. The number of methoxy groups -OCH3 is 2. The van der Waals surface area contributed by atoms with Gasteiger partial charge in [0.1, 0.15) is 11.5 Å². The van der Waals surface area contributed by atoms with Gasteiger partial charge < -0.3 is 14.6 Å². The molecule has 0 unspecified atom stereocenters. The Bertz CT molecular complexity index is 419. The molecule has 0 atom stereocenters. The van der Waals surface area contributed by atoms with Crippen LogP contribution in [0.15, 0.2) is 18.2 Å². The maximum Gasteiger partial charge on any atom is 0.128 e. The molecule has 0 aromatic heterocycles. The summed E-state index contributed by atoms with van der Waals surface area (Å²) in [6, 6.07) is 5.66. The standard InChI is InChI=1S/C16H24O3/c1-15(2)8-10-16(17,11-9-15)14-12(18-3)6-5-7-13(14)19-4/h5-7,17H,8-11H2,1-4H3. The van der Waals surface area contributed by atoms with E-state index < -0.39 is 5.60 Å². The molecule has 0 heterocycles. The fourth-order valence-electron chi connectivity index (χ4n) is 2.90. The summed E-state index contributed by atoms with van der Waals surface area (Å²) in [5.41, 5.74) is 0.269. The van der Waals surface area contributed by atoms with Gasteiger partial charge in [0.05, 0.1) is 25.4 Å². The van der Waals surface area contributed by atoms with E-state index in [1.54, 1.807) is 14.2 Å². The van der Waals surface area contributed by atoms with Crippen molar-refractivity contribution in [2.24, 2.45) is 5.41 Å². The van der Waals surface area contributed by atoms with Crippen LogP contribution in [0, 0.1) is 5.41 Å². The van der Waals surface area contributed by atoms with Crippen LogP contribution in [0.2, 0.25) is 0 Å². The molecule has 0 radical (unpaired) electrons. The molecule has 0 bridgehead atoms. The molecule has 1 fully saturated rings. The van der Waals surface area contributed by atoms with E-state index in [0.717, 1.165) is 31.2 Å². The molecular formula is C16H24O3. The van der Waals surface area contributed by atoms with E-state index in [1.807, 2.05) is 18.2 Å². The van der Waals surface area contributed by atoms with Crippen molar-refractivity contribution in [1.29, 1.82) is 0 Å². The summed E-state index contributed by atoms with van der Waals surface area (Å²) < 4.78 is 10.8. The SMILES string of the molecule is COc1cccc(OC)c1C1(O)CCC(C)(C)CC1. The van der Waals surface area contributed by atoms with Crippen LogP contribution in [-0.2, 0) is 5.60 Å². The largest absolute Gasteiger partial charge is 0.496 e. The molecule has 1 aromatic carbocycles. The number of rotatable bonds is 3. The summed E-state index contributed by atoms with van der Waals surface area (Å²) in [5, 5.41) is 11.0. The predicted molar refractivity (Wildman–Crippen MR) is 75.7 cm³/mol. The maximum absolute atomic E-state index is 11.0. The van der Waals surface area contributed by atoms with E-state index in [9.17, 15) is 5.11 Å². The van der Waals surface area contributed by atoms with E-state index in [4.69, 9.17) is 9.47 Å². The molecule has 1 saturated carbocycles. The van der Waals surface area contributed by atoms with E-state index >= 15 is 0 Å². The Morgan fingerprint density at radius 1 is 0.947 bits per heavy atom. The smallest absolute Gasteiger partial charge is 0.128 e. The lowest BCUT2D eigenvalue weighted by Gasteiger charge is -2.41. The molecule has 0 saturated heterocycles. The second-order valence-electron chi connectivity index (χ2n) is 6.23. The van der Waals surface area contributed by atoms with Crippen LogP contribution in [0.4, 0.5) is 0 Å². The zero-order valence-corrected chi connectivity index (χ0v) is 12.3. The van der Waals surface area contributed by atoms with Crippen LogP contribution in [0.25, 0.3) is 0 Å². The van der Waals surface area contributed by atoms with Gasteiger partial charge in [-0.2, -0.15) is 0 Å². The lowest BCUT2D eigenvalue weighted by atomic mass is 9.68. The quantitative estimate of drug-likeness (QED) is 0.908. The van der Waals surface area contributed by atoms with Gasteiger partial charge in [-0.3, -0.25) is 0 Å². The highest BCUT2D eigenvalue weighted by Gasteiger charge is 2.41. The average molecular weight is 264 g/mol. The Morgan fingerprint density at radius 3 is 1.84 bits per heavy atom. The fourth-order valence-corrected chi connectivity index (χ4v) is 2.90. The number of aliphatic hydroxyl groups is 1. The van der Waals surface area contributed by atoms with Crippen LogP contribution < -0.4 is 9.47 Å². The Labute approximate surface area is 115 Å². The summed E-state index contributed by atoms with van der Waals surface area (Å²) >= 11 is 0. The Hall–Kier alpha value is -1.22. The third-order valence-corrected chi connectivity index (χ3v) is 4.32. The Balaban J connectivity index is 2.40. The van der Waals surface area contributed by atoms with Gasteiger partial charge in [-0.25, -0.2) is 0 Å². The van der Waals surface area contributed by atoms with Gasteiger partial charge in [0.15, 0.2) is 0 Å². The highest BCUT2D eigenvalue weighted by atomic mass is 16.5. The zero-order chi connectivity index (χ0) is 14.1. The summed E-state index contributed by atoms with van der Waals surface area (Å²) in [6.45, 7) is 4.51. The summed E-state index contributed by atoms with van der Waals surface area (Å²) in [5.74, 6) is 1.42. The lowest BCUT2D eigenvalue weighted by molar-refractivity contribution is -0.0336. The first kappa shape index (κ1) is 14.2. The molecule has 3 heteroatoms. The molecule has 106 valence electrons. The average Bonchev–Trinajstić information content (AvgIpc) is 2.41. The van der Waals surface area contributed by atoms with Crippen molar-refractivity contribution < 1.29 is 14.6 Å². The highest BCUT2D eigenvalue weighted by molar-refractivity contribution is 5.48. The van der Waals surface area contributed by atoms with Gasteiger partial charge in [0.25, 0.3) is 0 Å². The van der Waals surface area contributed by atoms with Crippen LogP contribution in [0.5, 0.6) is 11.5 Å². The van der Waals surface area contributed by atoms with E-state index in [0.29, 0.717) is 16.9 Å². The second-order valence-corrected chi connectivity index (χ2v) is 6.23. The fraction of sp³-hybridized carbons (Fsp3) is 0.625. The van der Waals surface area contributed by atoms with Crippen LogP contribution >= 0.6 is 0 Å². The van der Waals surface area contributed by atoms with Crippen molar-refractivity contribution >= 4 is 0 Å². The molecule has 19 heavy (non-hydrogen) atoms. The third kappa shape index (κ3) is 2.71. The van der Waals surface area contributed by atoms with Crippen LogP contribution in [-0.4, -0.2) is 19.3 Å². The molecular weight excluding hydrogens is 240 g/mol.